The minimum atomic E-state index is 0.328. The minimum Gasteiger partial charge on any atom is -0.355 e. The number of allylic oxidation sites excluding steroid dienone is 4. The van der Waals surface area contributed by atoms with Crippen LogP contribution >= 0.6 is 23.2 Å². The summed E-state index contributed by atoms with van der Waals surface area (Å²) >= 11 is 11.5. The standard InChI is InChI=1S/C48H92Cl2O3/c1-3-5-7-29-35-47(37-31-25-21-17-13-9-11-15-19-23-27-33-41-49)39-43-51-45-53-46-52-44-40-48(36-30-8-6-4-2)38-32-26-22-18-14-10-12-16-20-24-28-34-42-50/h31-32,37-38,47-48H,3-30,33-36,39-46H2,1-2H3. The van der Waals surface area contributed by atoms with E-state index >= 15 is 0 Å². The fourth-order valence-corrected chi connectivity index (χ4v) is 7.58. The maximum atomic E-state index is 5.89. The van der Waals surface area contributed by atoms with Gasteiger partial charge < -0.3 is 14.2 Å². The van der Waals surface area contributed by atoms with E-state index in [2.05, 4.69) is 38.2 Å². The average molecular weight is 788 g/mol. The first-order valence-electron chi connectivity index (χ1n) is 23.5. The van der Waals surface area contributed by atoms with Crippen molar-refractivity contribution in [3.8, 4) is 0 Å². The van der Waals surface area contributed by atoms with Crippen LogP contribution in [0.4, 0.5) is 0 Å². The Morgan fingerprint density at radius 2 is 0.679 bits per heavy atom. The summed E-state index contributed by atoms with van der Waals surface area (Å²) in [5.41, 5.74) is 0. The van der Waals surface area contributed by atoms with E-state index in [1.54, 1.807) is 0 Å². The summed E-state index contributed by atoms with van der Waals surface area (Å²) in [6.07, 6.45) is 54.7. The molecular weight excluding hydrogens is 695 g/mol. The molecule has 2 unspecified atom stereocenters. The molecule has 2 atom stereocenters. The molecule has 316 valence electrons. The summed E-state index contributed by atoms with van der Waals surface area (Å²) in [5.74, 6) is 2.89. The van der Waals surface area contributed by atoms with E-state index < -0.39 is 0 Å². The van der Waals surface area contributed by atoms with Gasteiger partial charge in [-0.3, -0.25) is 0 Å². The second-order valence-electron chi connectivity index (χ2n) is 15.9. The molecule has 0 spiro atoms. The van der Waals surface area contributed by atoms with Crippen molar-refractivity contribution in [2.45, 2.75) is 232 Å². The molecular formula is C48H92Cl2O3. The predicted octanol–water partition coefficient (Wildman–Crippen LogP) is 17.1. The first kappa shape index (κ1) is 52.9. The Morgan fingerprint density at radius 1 is 0.358 bits per heavy atom. The van der Waals surface area contributed by atoms with Crippen LogP contribution in [-0.4, -0.2) is 38.6 Å². The van der Waals surface area contributed by atoms with E-state index in [0.717, 1.165) is 37.8 Å². The summed E-state index contributed by atoms with van der Waals surface area (Å²) in [5, 5.41) is 0. The fraction of sp³-hybridized carbons (Fsp3) is 0.917. The monoisotopic (exact) mass is 787 g/mol. The Balaban J connectivity index is 4.10. The van der Waals surface area contributed by atoms with Crippen LogP contribution in [-0.2, 0) is 14.2 Å². The summed E-state index contributed by atoms with van der Waals surface area (Å²) < 4.78 is 17.5. The number of hydrogen-bond donors (Lipinski definition) is 0. The number of hydrogen-bond acceptors (Lipinski definition) is 3. The first-order valence-corrected chi connectivity index (χ1v) is 24.5. The molecule has 0 aliphatic rings. The minimum absolute atomic E-state index is 0.328. The Labute approximate surface area is 342 Å². The van der Waals surface area contributed by atoms with Gasteiger partial charge in [-0.15, -0.1) is 23.2 Å². The third-order valence-electron chi connectivity index (χ3n) is 10.8. The van der Waals surface area contributed by atoms with Gasteiger partial charge in [-0.2, -0.15) is 0 Å². The Morgan fingerprint density at radius 3 is 1.02 bits per heavy atom. The second kappa shape index (κ2) is 48.1. The summed E-state index contributed by atoms with van der Waals surface area (Å²) in [7, 11) is 0. The van der Waals surface area contributed by atoms with Gasteiger partial charge >= 0.3 is 0 Å². The van der Waals surface area contributed by atoms with Gasteiger partial charge in [0.05, 0.1) is 0 Å². The maximum Gasteiger partial charge on any atom is 0.149 e. The Kier molecular flexibility index (Phi) is 48.0. The topological polar surface area (TPSA) is 27.7 Å². The third kappa shape index (κ3) is 44.5. The number of unbranched alkanes of at least 4 members (excludes halogenated alkanes) is 26. The van der Waals surface area contributed by atoms with Crippen LogP contribution in [0.15, 0.2) is 24.3 Å². The van der Waals surface area contributed by atoms with E-state index in [1.165, 1.54) is 205 Å². The molecule has 0 bridgehead atoms. The van der Waals surface area contributed by atoms with E-state index in [9.17, 15) is 0 Å². The van der Waals surface area contributed by atoms with Gasteiger partial charge in [0, 0.05) is 25.0 Å². The van der Waals surface area contributed by atoms with Crippen molar-refractivity contribution in [2.24, 2.45) is 11.8 Å². The van der Waals surface area contributed by atoms with Crippen LogP contribution in [0.5, 0.6) is 0 Å². The van der Waals surface area contributed by atoms with E-state index in [1.807, 2.05) is 0 Å². The van der Waals surface area contributed by atoms with Gasteiger partial charge in [-0.05, 0) is 76.0 Å². The van der Waals surface area contributed by atoms with Crippen LogP contribution in [0.2, 0.25) is 0 Å². The number of alkyl halides is 2. The van der Waals surface area contributed by atoms with Crippen LogP contribution < -0.4 is 0 Å². The van der Waals surface area contributed by atoms with Gasteiger partial charge in [-0.1, -0.05) is 192 Å². The van der Waals surface area contributed by atoms with Crippen molar-refractivity contribution in [3.05, 3.63) is 24.3 Å². The van der Waals surface area contributed by atoms with Gasteiger partial charge in [0.2, 0.25) is 0 Å². The molecule has 0 saturated heterocycles. The highest BCUT2D eigenvalue weighted by molar-refractivity contribution is 6.18. The first-order chi connectivity index (χ1) is 26.3. The van der Waals surface area contributed by atoms with Crippen LogP contribution in [0.3, 0.4) is 0 Å². The van der Waals surface area contributed by atoms with Gasteiger partial charge in [0.15, 0.2) is 0 Å². The average Bonchev–Trinajstić information content (AvgIpc) is 3.17. The van der Waals surface area contributed by atoms with Crippen molar-refractivity contribution in [1.82, 2.24) is 0 Å². The van der Waals surface area contributed by atoms with Crippen molar-refractivity contribution in [3.63, 3.8) is 0 Å². The van der Waals surface area contributed by atoms with Gasteiger partial charge in [0.1, 0.15) is 13.6 Å². The van der Waals surface area contributed by atoms with Crippen LogP contribution in [0, 0.1) is 11.8 Å². The lowest BCUT2D eigenvalue weighted by Crippen LogP contribution is -2.10. The van der Waals surface area contributed by atoms with Gasteiger partial charge in [0.25, 0.3) is 0 Å². The SMILES string of the molecule is CCCCCCC(C=CCCCCCCCCCCCCCl)CCOCOCOCCC(C=CCCCCCCCCCCCCCl)CCCCCC. The quantitative estimate of drug-likeness (QED) is 0.0266. The lowest BCUT2D eigenvalue weighted by molar-refractivity contribution is -0.133. The molecule has 0 N–H and O–H groups in total. The lowest BCUT2D eigenvalue weighted by Gasteiger charge is -2.14. The number of halogens is 2. The summed E-state index contributed by atoms with van der Waals surface area (Å²) in [4.78, 5) is 0. The Hall–Kier alpha value is -0.0600. The molecule has 0 amide bonds. The summed E-state index contributed by atoms with van der Waals surface area (Å²) in [6.45, 7) is 6.76. The smallest absolute Gasteiger partial charge is 0.149 e. The Bertz CT molecular complexity index is 657. The normalized spacial score (nSPS) is 13.2. The molecule has 0 radical (unpaired) electrons. The molecule has 3 nitrogen and oxygen atoms in total. The molecule has 0 rings (SSSR count). The molecule has 0 heterocycles. The highest BCUT2D eigenvalue weighted by Gasteiger charge is 2.07. The molecule has 0 aromatic rings. The zero-order valence-electron chi connectivity index (χ0n) is 35.7. The maximum absolute atomic E-state index is 5.89. The molecule has 0 fully saturated rings. The van der Waals surface area contributed by atoms with E-state index in [4.69, 9.17) is 37.4 Å². The molecule has 5 heteroatoms. The molecule has 53 heavy (non-hydrogen) atoms. The molecule has 0 aromatic carbocycles. The largest absolute Gasteiger partial charge is 0.355 e. The van der Waals surface area contributed by atoms with Crippen molar-refractivity contribution in [2.75, 3.05) is 38.6 Å². The number of ether oxygens (including phenoxy) is 3. The zero-order chi connectivity index (χ0) is 38.4. The highest BCUT2D eigenvalue weighted by atomic mass is 35.5. The predicted molar refractivity (Wildman–Crippen MR) is 238 cm³/mol. The highest BCUT2D eigenvalue weighted by Crippen LogP contribution is 2.20. The molecule has 0 aliphatic heterocycles. The molecule has 0 saturated carbocycles. The second-order valence-corrected chi connectivity index (χ2v) is 16.7. The lowest BCUT2D eigenvalue weighted by atomic mass is 9.96. The molecule has 0 aromatic heterocycles. The van der Waals surface area contributed by atoms with Crippen molar-refractivity contribution in [1.29, 1.82) is 0 Å². The fourth-order valence-electron chi connectivity index (χ4n) is 7.20. The van der Waals surface area contributed by atoms with Crippen LogP contribution in [0.1, 0.15) is 232 Å². The van der Waals surface area contributed by atoms with E-state index in [-0.39, 0.29) is 0 Å². The van der Waals surface area contributed by atoms with Crippen molar-refractivity contribution >= 4 is 23.2 Å². The van der Waals surface area contributed by atoms with Gasteiger partial charge in [-0.25, -0.2) is 0 Å². The van der Waals surface area contributed by atoms with E-state index in [0.29, 0.717) is 25.4 Å². The third-order valence-corrected chi connectivity index (χ3v) is 11.3. The van der Waals surface area contributed by atoms with Crippen molar-refractivity contribution < 1.29 is 14.2 Å². The van der Waals surface area contributed by atoms with Crippen LogP contribution in [0.25, 0.3) is 0 Å². The number of rotatable bonds is 46. The zero-order valence-corrected chi connectivity index (χ0v) is 37.2. The molecule has 0 aliphatic carbocycles. The summed E-state index contributed by atoms with van der Waals surface area (Å²) in [6, 6.07) is 0.